The first-order valence-corrected chi connectivity index (χ1v) is 9.65. The summed E-state index contributed by atoms with van der Waals surface area (Å²) >= 11 is 0. The molecule has 1 amide bonds. The number of carbonyl (C=O) groups is 2. The number of anilines is 1. The number of amides is 1. The minimum Gasteiger partial charge on any atom is -0.497 e. The molecule has 1 N–H and O–H groups in total. The lowest BCUT2D eigenvalue weighted by Crippen LogP contribution is -2.36. The molecule has 0 radical (unpaired) electrons. The normalized spacial score (nSPS) is 14.4. The van der Waals surface area contributed by atoms with Crippen molar-refractivity contribution in [3.8, 4) is 5.75 Å². The monoisotopic (exact) mass is 400 g/mol. The first kappa shape index (κ1) is 21.0. The van der Waals surface area contributed by atoms with Gasteiger partial charge in [0.2, 0.25) is 0 Å². The van der Waals surface area contributed by atoms with E-state index in [-0.39, 0.29) is 11.3 Å². The summed E-state index contributed by atoms with van der Waals surface area (Å²) in [6.07, 6.45) is 1.11. The second-order valence-electron chi connectivity index (χ2n) is 6.83. The van der Waals surface area contributed by atoms with Crippen LogP contribution in [-0.2, 0) is 4.74 Å². The number of halogens is 1. The number of ether oxygens (including phenoxy) is 2. The molecule has 0 atom stereocenters. The number of nitrogens with zero attached hydrogens (tertiary/aromatic N) is 1. The molecule has 1 heterocycles. The molecule has 0 aromatic heterocycles. The Morgan fingerprint density at radius 3 is 2.62 bits per heavy atom. The molecule has 0 bridgehead atoms. The molecule has 7 heteroatoms. The van der Waals surface area contributed by atoms with Gasteiger partial charge < -0.3 is 14.8 Å². The van der Waals surface area contributed by atoms with E-state index in [9.17, 15) is 14.0 Å². The fourth-order valence-corrected chi connectivity index (χ4v) is 3.25. The number of ketones is 1. The number of hydrogen-bond acceptors (Lipinski definition) is 5. The maximum atomic E-state index is 14.2. The summed E-state index contributed by atoms with van der Waals surface area (Å²) in [6.45, 7) is 4.05. The fourth-order valence-electron chi connectivity index (χ4n) is 3.25. The van der Waals surface area contributed by atoms with E-state index in [1.165, 1.54) is 19.2 Å². The summed E-state index contributed by atoms with van der Waals surface area (Å²) in [7, 11) is 1.43. The van der Waals surface area contributed by atoms with E-state index in [1.807, 2.05) is 0 Å². The quantitative estimate of drug-likeness (QED) is 0.688. The zero-order valence-corrected chi connectivity index (χ0v) is 16.4. The molecule has 2 aromatic rings. The van der Waals surface area contributed by atoms with E-state index in [1.54, 1.807) is 24.3 Å². The topological polar surface area (TPSA) is 67.9 Å². The lowest BCUT2D eigenvalue weighted by Gasteiger charge is -2.26. The van der Waals surface area contributed by atoms with Gasteiger partial charge in [0.1, 0.15) is 11.6 Å². The van der Waals surface area contributed by atoms with Gasteiger partial charge in [-0.15, -0.1) is 0 Å². The van der Waals surface area contributed by atoms with Gasteiger partial charge in [-0.2, -0.15) is 0 Å². The standard InChI is InChI=1S/C22H25FN2O4/c1-28-16-8-9-17(19(23)15-16)22(27)24-20-6-3-2-5-18(20)21(26)7-4-10-25-11-13-29-14-12-25/h2-3,5-6,8-9,15H,4,7,10-14H2,1H3,(H,24,27). The van der Waals surface area contributed by atoms with Crippen molar-refractivity contribution in [1.82, 2.24) is 4.90 Å². The Morgan fingerprint density at radius 1 is 1.14 bits per heavy atom. The van der Waals surface area contributed by atoms with Crippen molar-refractivity contribution >= 4 is 17.4 Å². The van der Waals surface area contributed by atoms with Crippen molar-refractivity contribution in [2.75, 3.05) is 45.3 Å². The maximum absolute atomic E-state index is 14.2. The zero-order chi connectivity index (χ0) is 20.6. The number of benzene rings is 2. The van der Waals surface area contributed by atoms with Gasteiger partial charge in [-0.05, 0) is 37.2 Å². The third kappa shape index (κ3) is 5.62. The van der Waals surface area contributed by atoms with Gasteiger partial charge in [-0.25, -0.2) is 4.39 Å². The summed E-state index contributed by atoms with van der Waals surface area (Å²) in [5, 5.41) is 2.66. The predicted octanol–water partition coefficient (Wildman–Crippen LogP) is 3.38. The Labute approximate surface area is 169 Å². The third-order valence-corrected chi connectivity index (χ3v) is 4.88. The molecule has 1 fully saturated rings. The highest BCUT2D eigenvalue weighted by atomic mass is 19.1. The Morgan fingerprint density at radius 2 is 1.90 bits per heavy atom. The highest BCUT2D eigenvalue weighted by Gasteiger charge is 2.17. The minimum absolute atomic E-state index is 0.0515. The number of methoxy groups -OCH3 is 1. The highest BCUT2D eigenvalue weighted by Crippen LogP contribution is 2.21. The first-order chi connectivity index (χ1) is 14.1. The van der Waals surface area contributed by atoms with E-state index >= 15 is 0 Å². The first-order valence-electron chi connectivity index (χ1n) is 9.65. The second-order valence-corrected chi connectivity index (χ2v) is 6.83. The molecule has 29 heavy (non-hydrogen) atoms. The van der Waals surface area contributed by atoms with E-state index in [4.69, 9.17) is 9.47 Å². The van der Waals surface area contributed by atoms with Crippen molar-refractivity contribution in [3.63, 3.8) is 0 Å². The van der Waals surface area contributed by atoms with Crippen molar-refractivity contribution in [3.05, 3.63) is 59.4 Å². The van der Waals surface area contributed by atoms with Crippen LogP contribution in [0, 0.1) is 5.82 Å². The molecule has 0 unspecified atom stereocenters. The molecule has 154 valence electrons. The lowest BCUT2D eigenvalue weighted by atomic mass is 10.0. The van der Waals surface area contributed by atoms with Crippen LogP contribution in [0.25, 0.3) is 0 Å². The Hall–Kier alpha value is -2.77. The maximum Gasteiger partial charge on any atom is 0.258 e. The summed E-state index contributed by atoms with van der Waals surface area (Å²) in [5.41, 5.74) is 0.696. The Kier molecular flexibility index (Phi) is 7.32. The van der Waals surface area contributed by atoms with Gasteiger partial charge in [-0.1, -0.05) is 12.1 Å². The van der Waals surface area contributed by atoms with Crippen molar-refractivity contribution in [1.29, 1.82) is 0 Å². The average molecular weight is 400 g/mol. The van der Waals surface area contributed by atoms with Crippen molar-refractivity contribution < 1.29 is 23.5 Å². The Bertz CT molecular complexity index is 866. The second kappa shape index (κ2) is 10.1. The smallest absolute Gasteiger partial charge is 0.258 e. The molecule has 2 aromatic carbocycles. The fraction of sp³-hybridized carbons (Fsp3) is 0.364. The minimum atomic E-state index is -0.684. The van der Waals surface area contributed by atoms with Crippen LogP contribution in [-0.4, -0.2) is 56.5 Å². The summed E-state index contributed by atoms with van der Waals surface area (Å²) < 4.78 is 24.4. The van der Waals surface area contributed by atoms with Crippen LogP contribution in [0.4, 0.5) is 10.1 Å². The number of hydrogen-bond donors (Lipinski definition) is 1. The van der Waals surface area contributed by atoms with Crippen molar-refractivity contribution in [2.24, 2.45) is 0 Å². The van der Waals surface area contributed by atoms with Gasteiger partial charge in [0.15, 0.2) is 5.78 Å². The number of para-hydroxylation sites is 1. The molecular weight excluding hydrogens is 375 g/mol. The SMILES string of the molecule is COc1ccc(C(=O)Nc2ccccc2C(=O)CCCN2CCOCC2)c(F)c1. The number of carbonyl (C=O) groups excluding carboxylic acids is 2. The number of morpholine rings is 1. The molecule has 0 saturated carbocycles. The zero-order valence-electron chi connectivity index (χ0n) is 16.4. The summed E-state index contributed by atoms with van der Waals surface area (Å²) in [6, 6.07) is 10.8. The molecular formula is C22H25FN2O4. The van der Waals surface area contributed by atoms with Gasteiger partial charge in [0, 0.05) is 31.1 Å². The number of nitrogens with one attached hydrogen (secondary N) is 1. The van der Waals surface area contributed by atoms with Gasteiger partial charge >= 0.3 is 0 Å². The molecule has 6 nitrogen and oxygen atoms in total. The summed E-state index contributed by atoms with van der Waals surface area (Å²) in [4.78, 5) is 27.5. The van der Waals surface area contributed by atoms with Crippen LogP contribution < -0.4 is 10.1 Å². The van der Waals surface area contributed by atoms with Crippen LogP contribution in [0.3, 0.4) is 0 Å². The summed E-state index contributed by atoms with van der Waals surface area (Å²) in [5.74, 6) is -1.02. The average Bonchev–Trinajstić information content (AvgIpc) is 2.74. The molecule has 1 aliphatic heterocycles. The van der Waals surface area contributed by atoms with E-state index in [0.29, 0.717) is 23.4 Å². The Balaban J connectivity index is 1.63. The van der Waals surface area contributed by atoms with Crippen LogP contribution >= 0.6 is 0 Å². The van der Waals surface area contributed by atoms with Crippen molar-refractivity contribution in [2.45, 2.75) is 12.8 Å². The molecule has 0 aliphatic carbocycles. The van der Waals surface area contributed by atoms with Crippen LogP contribution in [0.15, 0.2) is 42.5 Å². The van der Waals surface area contributed by atoms with Crippen LogP contribution in [0.2, 0.25) is 0 Å². The molecule has 3 rings (SSSR count). The van der Waals surface area contributed by atoms with E-state index in [0.717, 1.165) is 45.3 Å². The highest BCUT2D eigenvalue weighted by molar-refractivity contribution is 6.09. The third-order valence-electron chi connectivity index (χ3n) is 4.88. The van der Waals surface area contributed by atoms with Crippen LogP contribution in [0.1, 0.15) is 33.6 Å². The van der Waals surface area contributed by atoms with E-state index in [2.05, 4.69) is 10.2 Å². The number of Topliss-reactive ketones (excluding diaryl/α,β-unsaturated/α-hetero) is 1. The van der Waals surface area contributed by atoms with Gasteiger partial charge in [0.25, 0.3) is 5.91 Å². The van der Waals surface area contributed by atoms with Gasteiger partial charge in [0.05, 0.1) is 31.6 Å². The molecule has 1 saturated heterocycles. The lowest BCUT2D eigenvalue weighted by molar-refractivity contribution is 0.0371. The van der Waals surface area contributed by atoms with Gasteiger partial charge in [-0.3, -0.25) is 14.5 Å². The molecule has 0 spiro atoms. The predicted molar refractivity (Wildman–Crippen MR) is 108 cm³/mol. The molecule has 1 aliphatic rings. The largest absolute Gasteiger partial charge is 0.497 e. The number of rotatable bonds is 8. The van der Waals surface area contributed by atoms with Crippen LogP contribution in [0.5, 0.6) is 5.75 Å². The van der Waals surface area contributed by atoms with E-state index < -0.39 is 11.7 Å².